The van der Waals surface area contributed by atoms with Crippen LogP contribution >= 0.6 is 0 Å². The van der Waals surface area contributed by atoms with Gasteiger partial charge in [0.15, 0.2) is 0 Å². The van der Waals surface area contributed by atoms with Gasteiger partial charge in [-0.2, -0.15) is 0 Å². The van der Waals surface area contributed by atoms with E-state index in [0.29, 0.717) is 13.2 Å². The molecule has 0 unspecified atom stereocenters. The van der Waals surface area contributed by atoms with Gasteiger partial charge in [-0.25, -0.2) is 4.79 Å². The van der Waals surface area contributed by atoms with Crippen molar-refractivity contribution in [2.24, 2.45) is 0 Å². The molecule has 34 heavy (non-hydrogen) atoms. The summed E-state index contributed by atoms with van der Waals surface area (Å²) in [5, 5.41) is 3.01. The van der Waals surface area contributed by atoms with Crippen molar-refractivity contribution in [1.29, 1.82) is 0 Å². The quantitative estimate of drug-likeness (QED) is 0.380. The molecule has 0 radical (unpaired) electrons. The fourth-order valence-electron chi connectivity index (χ4n) is 4.39. The Kier molecular flexibility index (Phi) is 8.53. The molecule has 0 atom stereocenters. The number of hydrogen-bond acceptors (Lipinski definition) is 3. The smallest absolute Gasteiger partial charge is 0.407 e. The van der Waals surface area contributed by atoms with Crippen LogP contribution in [0, 0.1) is 6.92 Å². The average molecular weight is 456 g/mol. The van der Waals surface area contributed by atoms with Gasteiger partial charge in [-0.1, -0.05) is 84.9 Å². The number of hydrogen-bond donors (Lipinski definition) is 1. The molecule has 0 aliphatic heterocycles. The van der Waals surface area contributed by atoms with Crippen molar-refractivity contribution >= 4 is 17.7 Å². The molecule has 1 aliphatic carbocycles. The molecule has 4 nitrogen and oxygen atoms in total. The first-order chi connectivity index (χ1) is 16.7. The Balaban J connectivity index is 1.27. The van der Waals surface area contributed by atoms with Gasteiger partial charge in [0.25, 0.3) is 0 Å². The molecule has 0 bridgehead atoms. The van der Waals surface area contributed by atoms with Crippen LogP contribution in [0.1, 0.15) is 47.9 Å². The van der Waals surface area contributed by atoms with Gasteiger partial charge in [0, 0.05) is 6.04 Å². The van der Waals surface area contributed by atoms with Gasteiger partial charge in [0.1, 0.15) is 6.61 Å². The summed E-state index contributed by atoms with van der Waals surface area (Å²) in [5.41, 5.74) is 5.82. The van der Waals surface area contributed by atoms with Crippen LogP contribution in [0.3, 0.4) is 0 Å². The van der Waals surface area contributed by atoms with Crippen molar-refractivity contribution < 1.29 is 14.3 Å². The third kappa shape index (κ3) is 7.06. The first-order valence-electron chi connectivity index (χ1n) is 12.1. The monoisotopic (exact) mass is 455 g/mol. The Morgan fingerprint density at radius 1 is 0.882 bits per heavy atom. The van der Waals surface area contributed by atoms with E-state index in [2.05, 4.69) is 66.8 Å². The Morgan fingerprint density at radius 3 is 2.24 bits per heavy atom. The lowest BCUT2D eigenvalue weighted by Gasteiger charge is -2.29. The molecule has 0 saturated heterocycles. The number of aryl methyl sites for hydroxylation is 1. The van der Waals surface area contributed by atoms with E-state index in [1.165, 1.54) is 22.3 Å². The zero-order valence-electron chi connectivity index (χ0n) is 19.8. The first kappa shape index (κ1) is 23.8. The summed E-state index contributed by atoms with van der Waals surface area (Å²) >= 11 is 0. The van der Waals surface area contributed by atoms with Crippen molar-refractivity contribution in [3.8, 4) is 0 Å². The molecule has 1 fully saturated rings. The third-order valence-corrected chi connectivity index (χ3v) is 6.31. The summed E-state index contributed by atoms with van der Waals surface area (Å²) < 4.78 is 11.7. The molecule has 3 aromatic carbocycles. The zero-order chi connectivity index (χ0) is 23.6. The van der Waals surface area contributed by atoms with Gasteiger partial charge >= 0.3 is 6.09 Å². The third-order valence-electron chi connectivity index (χ3n) is 6.31. The van der Waals surface area contributed by atoms with Crippen molar-refractivity contribution in [3.63, 3.8) is 0 Å². The van der Waals surface area contributed by atoms with E-state index in [1.807, 2.05) is 36.4 Å². The second kappa shape index (κ2) is 12.2. The molecule has 176 valence electrons. The molecular formula is C30H33NO3. The molecule has 1 saturated carbocycles. The highest BCUT2D eigenvalue weighted by atomic mass is 16.5. The highest BCUT2D eigenvalue weighted by molar-refractivity contribution is 5.83. The number of rotatable bonds is 8. The standard InChI is InChI=1S/C30H33NO3/c1-23-10-8-9-15-29(23)26(20-24-11-4-2-5-12-24)22-33-28-18-16-27(17-19-28)31-30(32)34-21-25-13-6-3-7-14-25/h2-15,20,27-28H,16-19,21-22H2,1H3,(H,31,32). The number of carbonyl (C=O) groups excluding carboxylic acids is 1. The van der Waals surface area contributed by atoms with E-state index >= 15 is 0 Å². The lowest BCUT2D eigenvalue weighted by molar-refractivity contribution is 0.0418. The Bertz CT molecular complexity index is 1070. The van der Waals surface area contributed by atoms with Gasteiger partial charge < -0.3 is 14.8 Å². The predicted octanol–water partition coefficient (Wildman–Crippen LogP) is 6.79. The van der Waals surface area contributed by atoms with Crippen LogP contribution in [0.5, 0.6) is 0 Å². The van der Waals surface area contributed by atoms with E-state index < -0.39 is 0 Å². The number of ether oxygens (including phenoxy) is 2. The molecule has 4 rings (SSSR count). The summed E-state index contributed by atoms with van der Waals surface area (Å²) in [5.74, 6) is 0. The maximum Gasteiger partial charge on any atom is 0.407 e. The minimum atomic E-state index is -0.346. The molecule has 0 spiro atoms. The minimum absolute atomic E-state index is 0.138. The van der Waals surface area contributed by atoms with Crippen LogP contribution in [0.15, 0.2) is 84.9 Å². The van der Waals surface area contributed by atoms with E-state index in [0.717, 1.165) is 31.2 Å². The topological polar surface area (TPSA) is 47.6 Å². The van der Waals surface area contributed by atoms with E-state index in [4.69, 9.17) is 9.47 Å². The SMILES string of the molecule is Cc1ccccc1C(=Cc1ccccc1)COC1CCC(NC(=O)OCc2ccccc2)CC1. The molecular weight excluding hydrogens is 422 g/mol. The minimum Gasteiger partial charge on any atom is -0.445 e. The maximum absolute atomic E-state index is 12.2. The number of nitrogens with one attached hydrogen (secondary N) is 1. The maximum atomic E-state index is 12.2. The number of amides is 1. The molecule has 1 amide bonds. The fourth-order valence-corrected chi connectivity index (χ4v) is 4.39. The van der Waals surface area contributed by atoms with Crippen LogP contribution in [-0.4, -0.2) is 24.8 Å². The fraction of sp³-hybridized carbons (Fsp3) is 0.300. The largest absolute Gasteiger partial charge is 0.445 e. The van der Waals surface area contributed by atoms with Gasteiger partial charge in [-0.05, 0) is 66.5 Å². The lowest BCUT2D eigenvalue weighted by atomic mass is 9.93. The molecule has 1 aliphatic rings. The van der Waals surface area contributed by atoms with Crippen LogP contribution in [0.25, 0.3) is 11.6 Å². The summed E-state index contributed by atoms with van der Waals surface area (Å²) in [6.07, 6.45) is 5.72. The second-order valence-corrected chi connectivity index (χ2v) is 8.89. The highest BCUT2D eigenvalue weighted by Gasteiger charge is 2.24. The van der Waals surface area contributed by atoms with Crippen molar-refractivity contribution in [2.45, 2.75) is 51.4 Å². The van der Waals surface area contributed by atoms with Crippen molar-refractivity contribution in [1.82, 2.24) is 5.32 Å². The van der Waals surface area contributed by atoms with E-state index in [-0.39, 0.29) is 18.2 Å². The number of carbonyl (C=O) groups is 1. The molecule has 0 aromatic heterocycles. The van der Waals surface area contributed by atoms with Gasteiger partial charge in [0.2, 0.25) is 0 Å². The average Bonchev–Trinajstić information content (AvgIpc) is 2.88. The summed E-state index contributed by atoms with van der Waals surface area (Å²) in [4.78, 5) is 12.2. The van der Waals surface area contributed by atoms with E-state index in [1.54, 1.807) is 0 Å². The van der Waals surface area contributed by atoms with Crippen LogP contribution in [0.4, 0.5) is 4.79 Å². The van der Waals surface area contributed by atoms with Crippen molar-refractivity contribution in [2.75, 3.05) is 6.61 Å². The number of alkyl carbamates (subject to hydrolysis) is 1. The van der Waals surface area contributed by atoms with Gasteiger partial charge in [-0.3, -0.25) is 0 Å². The van der Waals surface area contributed by atoms with Gasteiger partial charge in [0.05, 0.1) is 12.7 Å². The Hall–Kier alpha value is -3.37. The Labute approximate surface area is 202 Å². The highest BCUT2D eigenvalue weighted by Crippen LogP contribution is 2.26. The summed E-state index contributed by atoms with van der Waals surface area (Å²) in [6, 6.07) is 28.7. The molecule has 3 aromatic rings. The summed E-state index contributed by atoms with van der Waals surface area (Å²) in [6.45, 7) is 3.00. The summed E-state index contributed by atoms with van der Waals surface area (Å²) in [7, 11) is 0. The Morgan fingerprint density at radius 2 is 1.53 bits per heavy atom. The van der Waals surface area contributed by atoms with Gasteiger partial charge in [-0.15, -0.1) is 0 Å². The normalized spacial score (nSPS) is 18.3. The number of benzene rings is 3. The van der Waals surface area contributed by atoms with Crippen molar-refractivity contribution in [3.05, 3.63) is 107 Å². The van der Waals surface area contributed by atoms with Crippen LogP contribution in [0.2, 0.25) is 0 Å². The second-order valence-electron chi connectivity index (χ2n) is 8.89. The van der Waals surface area contributed by atoms with Crippen LogP contribution < -0.4 is 5.32 Å². The van der Waals surface area contributed by atoms with Crippen LogP contribution in [-0.2, 0) is 16.1 Å². The molecule has 4 heteroatoms. The lowest BCUT2D eigenvalue weighted by Crippen LogP contribution is -2.39. The zero-order valence-corrected chi connectivity index (χ0v) is 19.8. The molecule has 0 heterocycles. The predicted molar refractivity (Wildman–Crippen MR) is 137 cm³/mol. The first-order valence-corrected chi connectivity index (χ1v) is 12.1. The van der Waals surface area contributed by atoms with E-state index in [9.17, 15) is 4.79 Å². The molecule has 1 N–H and O–H groups in total.